The molecule has 0 spiro atoms. The van der Waals surface area contributed by atoms with Crippen LogP contribution in [0.2, 0.25) is 0 Å². The topological polar surface area (TPSA) is 52.7 Å². The Morgan fingerprint density at radius 3 is 2.43 bits per heavy atom. The van der Waals surface area contributed by atoms with Crippen molar-refractivity contribution in [3.63, 3.8) is 0 Å². The number of benzene rings is 2. The first-order chi connectivity index (χ1) is 13.7. The van der Waals surface area contributed by atoms with Crippen molar-refractivity contribution in [1.29, 1.82) is 0 Å². The maximum Gasteiger partial charge on any atom is 0.251 e. The molecular weight excluding hydrogens is 350 g/mol. The molecule has 2 fully saturated rings. The molecule has 0 aliphatic carbocycles. The predicted molar refractivity (Wildman–Crippen MR) is 109 cm³/mol. The summed E-state index contributed by atoms with van der Waals surface area (Å²) in [6, 6.07) is 18.3. The number of rotatable bonds is 6. The highest BCUT2D eigenvalue weighted by atomic mass is 16.2. The van der Waals surface area contributed by atoms with Gasteiger partial charge in [0.15, 0.2) is 0 Å². The monoisotopic (exact) mass is 377 g/mol. The summed E-state index contributed by atoms with van der Waals surface area (Å²) in [7, 11) is 0. The lowest BCUT2D eigenvalue weighted by Gasteiger charge is -2.17. The third-order valence-electron chi connectivity index (χ3n) is 5.62. The molecule has 1 N–H and O–H groups in total. The van der Waals surface area contributed by atoms with Crippen LogP contribution in [0.5, 0.6) is 0 Å². The van der Waals surface area contributed by atoms with E-state index in [-0.39, 0.29) is 17.9 Å². The molecule has 0 aromatic heterocycles. The molecule has 2 heterocycles. The van der Waals surface area contributed by atoms with Gasteiger partial charge in [0.2, 0.25) is 5.91 Å². The Morgan fingerprint density at radius 1 is 0.964 bits per heavy atom. The molecule has 2 aromatic carbocycles. The molecule has 2 aliphatic rings. The van der Waals surface area contributed by atoms with E-state index in [1.807, 2.05) is 35.2 Å². The fourth-order valence-electron chi connectivity index (χ4n) is 4.06. The van der Waals surface area contributed by atoms with Crippen molar-refractivity contribution in [1.82, 2.24) is 15.1 Å². The Hall–Kier alpha value is -2.66. The second-order valence-corrected chi connectivity index (χ2v) is 7.80. The summed E-state index contributed by atoms with van der Waals surface area (Å²) in [5, 5.41) is 3.17. The lowest BCUT2D eigenvalue weighted by molar-refractivity contribution is -0.128. The summed E-state index contributed by atoms with van der Waals surface area (Å²) in [4.78, 5) is 28.6. The van der Waals surface area contributed by atoms with Gasteiger partial charge in [-0.05, 0) is 36.1 Å². The Bertz CT molecular complexity index is 820. The van der Waals surface area contributed by atoms with Crippen LogP contribution >= 0.6 is 0 Å². The van der Waals surface area contributed by atoms with E-state index >= 15 is 0 Å². The van der Waals surface area contributed by atoms with Crippen molar-refractivity contribution >= 4 is 11.8 Å². The van der Waals surface area contributed by atoms with Gasteiger partial charge in [-0.25, -0.2) is 0 Å². The van der Waals surface area contributed by atoms with Crippen LogP contribution in [-0.2, 0) is 17.9 Å². The van der Waals surface area contributed by atoms with Gasteiger partial charge in [0.05, 0.1) is 0 Å². The normalized spacial score (nSPS) is 19.9. The number of carbonyl (C=O) groups is 2. The fourth-order valence-corrected chi connectivity index (χ4v) is 4.06. The van der Waals surface area contributed by atoms with Crippen molar-refractivity contribution in [2.45, 2.75) is 38.4 Å². The molecule has 2 saturated heterocycles. The summed E-state index contributed by atoms with van der Waals surface area (Å²) in [5.74, 6) is 0.207. The molecule has 0 bridgehead atoms. The summed E-state index contributed by atoms with van der Waals surface area (Å²) >= 11 is 0. The quantitative estimate of drug-likeness (QED) is 0.842. The second-order valence-electron chi connectivity index (χ2n) is 7.80. The van der Waals surface area contributed by atoms with Crippen LogP contribution in [0.15, 0.2) is 54.6 Å². The molecule has 5 heteroatoms. The zero-order valence-electron chi connectivity index (χ0n) is 16.1. The average molecular weight is 377 g/mol. The van der Waals surface area contributed by atoms with Crippen LogP contribution in [-0.4, -0.2) is 47.3 Å². The van der Waals surface area contributed by atoms with Crippen LogP contribution in [0.4, 0.5) is 0 Å². The molecule has 146 valence electrons. The Morgan fingerprint density at radius 2 is 1.71 bits per heavy atom. The van der Waals surface area contributed by atoms with Crippen molar-refractivity contribution in [2.24, 2.45) is 0 Å². The van der Waals surface area contributed by atoms with Crippen LogP contribution in [0.1, 0.15) is 40.7 Å². The Labute approximate surface area is 166 Å². The van der Waals surface area contributed by atoms with Gasteiger partial charge in [0, 0.05) is 50.7 Å². The molecule has 4 rings (SSSR count). The molecule has 2 amide bonds. The predicted octanol–water partition coefficient (Wildman–Crippen LogP) is 2.81. The first kappa shape index (κ1) is 18.7. The maximum atomic E-state index is 12.6. The average Bonchev–Trinajstić information content (AvgIpc) is 3.32. The van der Waals surface area contributed by atoms with Gasteiger partial charge in [0.1, 0.15) is 0 Å². The summed E-state index contributed by atoms with van der Waals surface area (Å²) < 4.78 is 0. The summed E-state index contributed by atoms with van der Waals surface area (Å²) in [6.45, 7) is 4.29. The molecule has 2 aliphatic heterocycles. The minimum Gasteiger partial charge on any atom is -0.348 e. The number of hydrogen-bond donors (Lipinski definition) is 1. The smallest absolute Gasteiger partial charge is 0.251 e. The molecular formula is C23H27N3O2. The van der Waals surface area contributed by atoms with E-state index in [0.29, 0.717) is 18.5 Å². The SMILES string of the molecule is O=C(N[C@@H]1CCN(Cc2ccccc2)C1)c1ccc(CN2CCCC2=O)cc1. The molecule has 1 atom stereocenters. The lowest BCUT2D eigenvalue weighted by Crippen LogP contribution is -2.37. The van der Waals surface area contributed by atoms with Crippen molar-refractivity contribution in [2.75, 3.05) is 19.6 Å². The van der Waals surface area contributed by atoms with E-state index < -0.39 is 0 Å². The van der Waals surface area contributed by atoms with Gasteiger partial charge in [-0.15, -0.1) is 0 Å². The van der Waals surface area contributed by atoms with Gasteiger partial charge in [-0.1, -0.05) is 42.5 Å². The Kier molecular flexibility index (Phi) is 5.72. The molecule has 5 nitrogen and oxygen atoms in total. The van der Waals surface area contributed by atoms with Crippen LogP contribution in [0, 0.1) is 0 Å². The minimum absolute atomic E-state index is 0.0182. The highest BCUT2D eigenvalue weighted by Crippen LogP contribution is 2.16. The highest BCUT2D eigenvalue weighted by Gasteiger charge is 2.24. The number of nitrogens with one attached hydrogen (secondary N) is 1. The first-order valence-electron chi connectivity index (χ1n) is 10.1. The van der Waals surface area contributed by atoms with E-state index in [1.54, 1.807) is 0 Å². The largest absolute Gasteiger partial charge is 0.348 e. The third kappa shape index (κ3) is 4.60. The van der Waals surface area contributed by atoms with Gasteiger partial charge in [0.25, 0.3) is 5.91 Å². The van der Waals surface area contributed by atoms with E-state index in [2.05, 4.69) is 34.5 Å². The van der Waals surface area contributed by atoms with Crippen LogP contribution < -0.4 is 5.32 Å². The number of nitrogens with zero attached hydrogens (tertiary/aromatic N) is 2. The van der Waals surface area contributed by atoms with Gasteiger partial charge < -0.3 is 10.2 Å². The second kappa shape index (κ2) is 8.57. The molecule has 0 radical (unpaired) electrons. The Balaban J connectivity index is 1.27. The van der Waals surface area contributed by atoms with E-state index in [1.165, 1.54) is 5.56 Å². The van der Waals surface area contributed by atoms with E-state index in [0.717, 1.165) is 44.6 Å². The zero-order valence-corrected chi connectivity index (χ0v) is 16.1. The van der Waals surface area contributed by atoms with Crippen LogP contribution in [0.3, 0.4) is 0 Å². The number of hydrogen-bond acceptors (Lipinski definition) is 3. The molecule has 2 aromatic rings. The molecule has 0 saturated carbocycles. The lowest BCUT2D eigenvalue weighted by atomic mass is 10.1. The van der Waals surface area contributed by atoms with E-state index in [9.17, 15) is 9.59 Å². The van der Waals surface area contributed by atoms with Gasteiger partial charge >= 0.3 is 0 Å². The van der Waals surface area contributed by atoms with Crippen molar-refractivity contribution in [3.05, 3.63) is 71.3 Å². The van der Waals surface area contributed by atoms with E-state index in [4.69, 9.17) is 0 Å². The number of carbonyl (C=O) groups excluding carboxylic acids is 2. The minimum atomic E-state index is -0.0182. The summed E-state index contributed by atoms with van der Waals surface area (Å²) in [6.07, 6.45) is 2.58. The first-order valence-corrected chi connectivity index (χ1v) is 10.1. The van der Waals surface area contributed by atoms with Gasteiger partial charge in [-0.2, -0.15) is 0 Å². The fraction of sp³-hybridized carbons (Fsp3) is 0.391. The molecule has 28 heavy (non-hydrogen) atoms. The maximum absolute atomic E-state index is 12.6. The van der Waals surface area contributed by atoms with Gasteiger partial charge in [-0.3, -0.25) is 14.5 Å². The number of amides is 2. The zero-order chi connectivity index (χ0) is 19.3. The van der Waals surface area contributed by atoms with Crippen molar-refractivity contribution in [3.8, 4) is 0 Å². The third-order valence-corrected chi connectivity index (χ3v) is 5.62. The highest BCUT2D eigenvalue weighted by molar-refractivity contribution is 5.94. The standard InChI is InChI=1S/C23H27N3O2/c27-22-7-4-13-26(22)16-19-8-10-20(11-9-19)23(28)24-21-12-14-25(17-21)15-18-5-2-1-3-6-18/h1-3,5-6,8-11,21H,4,7,12-17H2,(H,24,28)/t21-/m1/s1. The molecule has 0 unspecified atom stereocenters. The van der Waals surface area contributed by atoms with Crippen molar-refractivity contribution < 1.29 is 9.59 Å². The summed E-state index contributed by atoms with van der Waals surface area (Å²) in [5.41, 5.74) is 3.06. The number of likely N-dealkylation sites (tertiary alicyclic amines) is 2. The van der Waals surface area contributed by atoms with Crippen LogP contribution in [0.25, 0.3) is 0 Å².